The molecule has 1 N–H and O–H groups in total. The van der Waals surface area contributed by atoms with Gasteiger partial charge in [0.25, 0.3) is 5.78 Å². The number of Topliss-reactive ketones (excluding diaryl/α,β-unsaturated/α-hetero) is 1. The molecule has 1 atom stereocenters. The highest BCUT2D eigenvalue weighted by molar-refractivity contribution is 7.17. The summed E-state index contributed by atoms with van der Waals surface area (Å²) in [7, 11) is 0. The summed E-state index contributed by atoms with van der Waals surface area (Å²) in [5.74, 6) is -2.64. The highest BCUT2D eigenvalue weighted by Gasteiger charge is 2.48. The number of thiazole rings is 1. The average molecular weight is 551 g/mol. The van der Waals surface area contributed by atoms with E-state index >= 15 is 0 Å². The van der Waals surface area contributed by atoms with Crippen LogP contribution in [0.1, 0.15) is 58.9 Å². The maximum absolute atomic E-state index is 13.4. The van der Waals surface area contributed by atoms with Gasteiger partial charge in [0.05, 0.1) is 17.3 Å². The zero-order valence-electron chi connectivity index (χ0n) is 21.4. The standard InChI is InChI=1S/C29H27ClN2O5S/c1-6-15-37-27(36)25-16(2)31-28(38-25)32-22(17-7-11-19(12-8-17)29(3,4)5)21(24(34)26(32)35)23(33)18-9-13-20(30)14-10-18/h6-14,22,33H,1,15H2,2-5H3/b23-21+. The van der Waals surface area contributed by atoms with Crippen LogP contribution in [0, 0.1) is 6.92 Å². The van der Waals surface area contributed by atoms with Gasteiger partial charge in [0, 0.05) is 10.6 Å². The molecule has 3 aromatic rings. The van der Waals surface area contributed by atoms with Crippen molar-refractivity contribution in [3.63, 3.8) is 0 Å². The van der Waals surface area contributed by atoms with Crippen molar-refractivity contribution in [3.8, 4) is 0 Å². The number of ether oxygens (including phenoxy) is 1. The number of aryl methyl sites for hydroxylation is 1. The van der Waals surface area contributed by atoms with Gasteiger partial charge >= 0.3 is 11.9 Å². The molecule has 0 bridgehead atoms. The Bertz CT molecular complexity index is 1450. The fourth-order valence-corrected chi connectivity index (χ4v) is 5.26. The second-order valence-electron chi connectivity index (χ2n) is 9.85. The normalized spacial score (nSPS) is 17.1. The van der Waals surface area contributed by atoms with Gasteiger partial charge in [-0.25, -0.2) is 9.78 Å². The molecule has 1 unspecified atom stereocenters. The molecule has 2 aromatic carbocycles. The highest BCUT2D eigenvalue weighted by Crippen LogP contribution is 2.44. The molecule has 0 radical (unpaired) electrons. The number of ketones is 1. The predicted octanol–water partition coefficient (Wildman–Crippen LogP) is 6.37. The molecule has 0 spiro atoms. The van der Waals surface area contributed by atoms with Crippen molar-refractivity contribution in [2.45, 2.75) is 39.2 Å². The van der Waals surface area contributed by atoms with Crippen LogP contribution in [0.5, 0.6) is 0 Å². The van der Waals surface area contributed by atoms with Gasteiger partial charge < -0.3 is 9.84 Å². The lowest BCUT2D eigenvalue weighted by Crippen LogP contribution is -2.29. The molecular weight excluding hydrogens is 524 g/mol. The number of nitrogens with zero attached hydrogens (tertiary/aromatic N) is 2. The van der Waals surface area contributed by atoms with Crippen molar-refractivity contribution in [1.29, 1.82) is 0 Å². The Morgan fingerprint density at radius 2 is 1.79 bits per heavy atom. The van der Waals surface area contributed by atoms with Crippen molar-refractivity contribution in [2.24, 2.45) is 0 Å². The van der Waals surface area contributed by atoms with Crippen LogP contribution in [-0.2, 0) is 19.7 Å². The first kappa shape index (κ1) is 27.3. The number of hydrogen-bond donors (Lipinski definition) is 1. The molecule has 1 aromatic heterocycles. The molecule has 4 rings (SSSR count). The second kappa shape index (κ2) is 10.6. The van der Waals surface area contributed by atoms with Crippen LogP contribution in [0.4, 0.5) is 5.13 Å². The first-order valence-electron chi connectivity index (χ1n) is 11.9. The van der Waals surface area contributed by atoms with Crippen LogP contribution in [0.3, 0.4) is 0 Å². The molecular formula is C29H27ClN2O5S. The largest absolute Gasteiger partial charge is 0.507 e. The van der Waals surface area contributed by atoms with Crippen LogP contribution in [0.25, 0.3) is 5.76 Å². The number of carbonyl (C=O) groups is 3. The van der Waals surface area contributed by atoms with Gasteiger partial charge in [-0.05, 0) is 47.7 Å². The summed E-state index contributed by atoms with van der Waals surface area (Å²) in [6, 6.07) is 12.9. The van der Waals surface area contributed by atoms with E-state index in [0.717, 1.165) is 16.9 Å². The summed E-state index contributed by atoms with van der Waals surface area (Å²) < 4.78 is 5.15. The number of halogens is 1. The summed E-state index contributed by atoms with van der Waals surface area (Å²) in [4.78, 5) is 45.2. The number of esters is 1. The summed E-state index contributed by atoms with van der Waals surface area (Å²) in [5, 5.41) is 11.9. The number of anilines is 1. The third-order valence-electron chi connectivity index (χ3n) is 6.16. The molecule has 1 aliphatic rings. The Morgan fingerprint density at radius 1 is 1.16 bits per heavy atom. The minimum Gasteiger partial charge on any atom is -0.507 e. The quantitative estimate of drug-likeness (QED) is 0.126. The van der Waals surface area contributed by atoms with E-state index in [4.69, 9.17) is 16.3 Å². The monoisotopic (exact) mass is 550 g/mol. The molecule has 196 valence electrons. The SMILES string of the molecule is C=CCOC(=O)c1sc(N2C(=O)C(=O)/C(=C(/O)c3ccc(Cl)cc3)C2c2ccc(C(C)(C)C)cc2)nc1C. The van der Waals surface area contributed by atoms with Crippen LogP contribution in [0.15, 0.2) is 66.8 Å². The molecule has 1 saturated heterocycles. The number of aromatic nitrogens is 1. The molecule has 0 aliphatic carbocycles. The molecule has 38 heavy (non-hydrogen) atoms. The number of aliphatic hydroxyl groups excluding tert-OH is 1. The zero-order chi connectivity index (χ0) is 27.8. The lowest BCUT2D eigenvalue weighted by Gasteiger charge is -2.24. The molecule has 7 nitrogen and oxygen atoms in total. The summed E-state index contributed by atoms with van der Waals surface area (Å²) >= 11 is 6.95. The lowest BCUT2D eigenvalue weighted by molar-refractivity contribution is -0.132. The van der Waals surface area contributed by atoms with E-state index < -0.39 is 23.7 Å². The number of carbonyl (C=O) groups excluding carboxylic acids is 3. The molecule has 2 heterocycles. The van der Waals surface area contributed by atoms with E-state index in [1.165, 1.54) is 11.0 Å². The van der Waals surface area contributed by atoms with Crippen LogP contribution < -0.4 is 4.90 Å². The first-order chi connectivity index (χ1) is 17.9. The fourth-order valence-electron chi connectivity index (χ4n) is 4.15. The summed E-state index contributed by atoms with van der Waals surface area (Å²) in [5.41, 5.74) is 2.18. The summed E-state index contributed by atoms with van der Waals surface area (Å²) in [6.07, 6.45) is 1.45. The third kappa shape index (κ3) is 5.14. The van der Waals surface area contributed by atoms with Gasteiger partial charge in [-0.2, -0.15) is 0 Å². The van der Waals surface area contributed by atoms with Crippen LogP contribution in [-0.4, -0.2) is 34.4 Å². The van der Waals surface area contributed by atoms with Crippen molar-refractivity contribution < 1.29 is 24.2 Å². The van der Waals surface area contributed by atoms with Gasteiger partial charge in [0.2, 0.25) is 0 Å². The maximum Gasteiger partial charge on any atom is 0.350 e. The topological polar surface area (TPSA) is 96.8 Å². The Morgan fingerprint density at radius 3 is 2.37 bits per heavy atom. The van der Waals surface area contributed by atoms with E-state index in [1.807, 2.05) is 24.3 Å². The van der Waals surface area contributed by atoms with Crippen molar-refractivity contribution in [3.05, 3.63) is 99.0 Å². The van der Waals surface area contributed by atoms with Gasteiger partial charge in [-0.1, -0.05) is 80.6 Å². The fraction of sp³-hybridized carbons (Fsp3) is 0.241. The Labute approximate surface area is 230 Å². The predicted molar refractivity (Wildman–Crippen MR) is 149 cm³/mol. The molecule has 9 heteroatoms. The minimum absolute atomic E-state index is 0.0250. The van der Waals surface area contributed by atoms with E-state index in [-0.39, 0.29) is 33.4 Å². The lowest BCUT2D eigenvalue weighted by atomic mass is 9.85. The third-order valence-corrected chi connectivity index (χ3v) is 7.55. The number of hydrogen-bond acceptors (Lipinski definition) is 7. The smallest absolute Gasteiger partial charge is 0.350 e. The average Bonchev–Trinajstić information content (AvgIpc) is 3.38. The molecule has 0 saturated carbocycles. The van der Waals surface area contributed by atoms with Crippen molar-refractivity contribution >= 4 is 51.5 Å². The minimum atomic E-state index is -0.970. The van der Waals surface area contributed by atoms with Crippen molar-refractivity contribution in [1.82, 2.24) is 4.98 Å². The Balaban J connectivity index is 1.89. The summed E-state index contributed by atoms with van der Waals surface area (Å²) in [6.45, 7) is 11.4. The number of benzene rings is 2. The van der Waals surface area contributed by atoms with E-state index in [9.17, 15) is 19.5 Å². The molecule has 1 aliphatic heterocycles. The highest BCUT2D eigenvalue weighted by atomic mass is 35.5. The van der Waals surface area contributed by atoms with Crippen LogP contribution in [0.2, 0.25) is 5.02 Å². The zero-order valence-corrected chi connectivity index (χ0v) is 23.0. The number of aliphatic hydroxyl groups is 1. The van der Waals surface area contributed by atoms with Crippen LogP contribution >= 0.6 is 22.9 Å². The Kier molecular flexibility index (Phi) is 7.58. The maximum atomic E-state index is 13.4. The van der Waals surface area contributed by atoms with Gasteiger partial charge in [-0.15, -0.1) is 0 Å². The van der Waals surface area contributed by atoms with E-state index in [2.05, 4.69) is 32.3 Å². The van der Waals surface area contributed by atoms with Gasteiger partial charge in [-0.3, -0.25) is 14.5 Å². The Hall–Kier alpha value is -3.75. The molecule has 1 fully saturated rings. The first-order valence-corrected chi connectivity index (χ1v) is 13.1. The van der Waals surface area contributed by atoms with Crippen molar-refractivity contribution in [2.75, 3.05) is 11.5 Å². The second-order valence-corrected chi connectivity index (χ2v) is 11.3. The van der Waals surface area contributed by atoms with Gasteiger partial charge in [0.1, 0.15) is 17.2 Å². The van der Waals surface area contributed by atoms with Gasteiger partial charge in [0.15, 0.2) is 5.13 Å². The number of amides is 1. The molecule has 1 amide bonds. The van der Waals surface area contributed by atoms with E-state index in [0.29, 0.717) is 21.8 Å². The van der Waals surface area contributed by atoms with E-state index in [1.54, 1.807) is 31.2 Å². The number of rotatable bonds is 6.